The molecule has 3 heteroatoms. The summed E-state index contributed by atoms with van der Waals surface area (Å²) in [6.07, 6.45) is 8.13. The topological polar surface area (TPSA) is 34.1 Å². The molecule has 0 amide bonds. The highest BCUT2D eigenvalue weighted by molar-refractivity contribution is 7.79. The fourth-order valence-corrected chi connectivity index (χ4v) is 9.97. The second-order valence-corrected chi connectivity index (χ2v) is 15.2. The maximum atomic E-state index is 15.8. The number of hydrogen-bond acceptors (Lipinski definition) is 2. The largest absolute Gasteiger partial charge is 0.312 e. The molecule has 0 radical (unpaired) electrons. The summed E-state index contributed by atoms with van der Waals surface area (Å²) in [5, 5.41) is 1.25. The maximum Gasteiger partial charge on any atom is 0.174 e. The van der Waals surface area contributed by atoms with Gasteiger partial charge in [0.15, 0.2) is 12.9 Å². The zero-order chi connectivity index (χ0) is 32.9. The van der Waals surface area contributed by atoms with Crippen LogP contribution in [0.2, 0.25) is 0 Å². The van der Waals surface area contributed by atoms with Gasteiger partial charge in [0.2, 0.25) is 0 Å². The molecule has 0 aromatic heterocycles. The minimum atomic E-state index is -3.38. The number of hydrogen-bond donors (Lipinski definition) is 0. The predicted molar refractivity (Wildman–Crippen MR) is 199 cm³/mol. The summed E-state index contributed by atoms with van der Waals surface area (Å²) in [5.74, 6) is -0.550. The molecular formula is C45H35O2P. The van der Waals surface area contributed by atoms with E-state index in [0.717, 1.165) is 33.4 Å². The molecule has 0 aliphatic heterocycles. The van der Waals surface area contributed by atoms with E-state index in [4.69, 9.17) is 0 Å². The molecule has 6 aromatic rings. The lowest BCUT2D eigenvalue weighted by atomic mass is 9.84. The molecule has 7 rings (SSSR count). The highest BCUT2D eigenvalue weighted by atomic mass is 31.2. The molecule has 0 bridgehead atoms. The van der Waals surface area contributed by atoms with Gasteiger partial charge in [-0.15, -0.1) is 0 Å². The van der Waals surface area contributed by atoms with Crippen LogP contribution in [0, 0.1) is 18.1 Å². The Balaban J connectivity index is 1.43. The third-order valence-corrected chi connectivity index (χ3v) is 12.7. The lowest BCUT2D eigenvalue weighted by Gasteiger charge is -2.31. The summed E-state index contributed by atoms with van der Waals surface area (Å²) < 4.78 is 15.8. The molecule has 0 N–H and O–H groups in total. The van der Waals surface area contributed by atoms with Crippen molar-refractivity contribution in [3.05, 3.63) is 205 Å². The predicted octanol–water partition coefficient (Wildman–Crippen LogP) is 10.1. The van der Waals surface area contributed by atoms with Crippen LogP contribution in [0.25, 0.3) is 22.3 Å². The van der Waals surface area contributed by atoms with Crippen LogP contribution in [0.15, 0.2) is 176 Å². The van der Waals surface area contributed by atoms with E-state index in [1.54, 1.807) is 6.07 Å². The normalized spacial score (nSPS) is 16.6. The second-order valence-electron chi connectivity index (χ2n) is 12.3. The van der Waals surface area contributed by atoms with Crippen LogP contribution in [0.5, 0.6) is 0 Å². The Morgan fingerprint density at radius 3 is 1.77 bits per heavy atom. The third kappa shape index (κ3) is 6.14. The number of Topliss-reactive ketones (excluding diaryl/α,β-unsaturated/α-hetero) is 1. The highest BCUT2D eigenvalue weighted by Gasteiger charge is 2.40. The van der Waals surface area contributed by atoms with E-state index in [0.29, 0.717) is 16.2 Å². The van der Waals surface area contributed by atoms with E-state index < -0.39 is 13.1 Å². The molecule has 0 heterocycles. The first-order valence-corrected chi connectivity index (χ1v) is 18.1. The summed E-state index contributed by atoms with van der Waals surface area (Å²) in [6.45, 7) is 2.10. The summed E-state index contributed by atoms with van der Waals surface area (Å²) in [7, 11) is -3.38. The van der Waals surface area contributed by atoms with Crippen LogP contribution in [-0.2, 0) is 4.57 Å². The lowest BCUT2D eigenvalue weighted by molar-refractivity contribution is 0.0974. The van der Waals surface area contributed by atoms with Gasteiger partial charge < -0.3 is 4.57 Å². The summed E-state index contributed by atoms with van der Waals surface area (Å²) in [4.78, 5) is 14.9. The van der Waals surface area contributed by atoms with Crippen molar-refractivity contribution in [2.45, 2.75) is 18.5 Å². The maximum absolute atomic E-state index is 15.8. The molecule has 1 aliphatic rings. The van der Waals surface area contributed by atoms with Gasteiger partial charge in [-0.1, -0.05) is 165 Å². The zero-order valence-corrected chi connectivity index (χ0v) is 27.6. The van der Waals surface area contributed by atoms with E-state index >= 15 is 4.57 Å². The SMILES string of the molecule is CC1C=CC=CC1P(=O)(c1c#cccc1)c1cc(C(=O)C(c2ccccc2)c2ccccc2)cc(-c2ccc(-c3ccccc3)cc2)c1. The standard InChI is InChI=1S/C45H35O2P/c1-33-16-14-15-25-43(33)48(47,41-23-12-5-13-24-41)42-31-39(36-28-26-35(27-29-36)34-17-6-2-7-18-34)30-40(32-42)45(46)44(37-19-8-3-9-20-37)38-21-10-4-11-22-38/h2-12,14-23,25-33,43-44H,1H3. The first-order valence-electron chi connectivity index (χ1n) is 16.3. The molecular weight excluding hydrogens is 603 g/mol. The van der Waals surface area contributed by atoms with Gasteiger partial charge in [-0.25, -0.2) is 0 Å². The van der Waals surface area contributed by atoms with Gasteiger partial charge in [-0.2, -0.15) is 0 Å². The van der Waals surface area contributed by atoms with Crippen molar-refractivity contribution in [3.63, 3.8) is 0 Å². The molecule has 3 unspecified atom stereocenters. The number of allylic oxidation sites excluding steroid dienone is 4. The number of carbonyl (C=O) groups is 1. The van der Waals surface area contributed by atoms with E-state index in [2.05, 4.69) is 61.5 Å². The quantitative estimate of drug-likeness (QED) is 0.117. The van der Waals surface area contributed by atoms with E-state index in [9.17, 15) is 4.79 Å². The second kappa shape index (κ2) is 13.7. The van der Waals surface area contributed by atoms with Crippen LogP contribution < -0.4 is 10.6 Å². The van der Waals surface area contributed by atoms with Crippen LogP contribution in [-0.4, -0.2) is 11.4 Å². The monoisotopic (exact) mass is 638 g/mol. The Labute approximate surface area is 283 Å². The van der Waals surface area contributed by atoms with Crippen molar-refractivity contribution in [2.24, 2.45) is 5.92 Å². The van der Waals surface area contributed by atoms with Gasteiger partial charge in [-0.3, -0.25) is 4.79 Å². The number of benzene rings is 5. The molecule has 0 saturated carbocycles. The third-order valence-electron chi connectivity index (χ3n) is 9.22. The number of carbonyl (C=O) groups excluding carboxylic acids is 1. The average molecular weight is 639 g/mol. The molecule has 0 saturated heterocycles. The zero-order valence-electron chi connectivity index (χ0n) is 26.7. The molecule has 3 atom stereocenters. The van der Waals surface area contributed by atoms with Gasteiger partial charge >= 0.3 is 0 Å². The van der Waals surface area contributed by atoms with Gasteiger partial charge in [0, 0.05) is 16.5 Å². The minimum absolute atomic E-state index is 0.0174. The smallest absolute Gasteiger partial charge is 0.174 e. The van der Waals surface area contributed by atoms with E-state index in [1.807, 2.05) is 127 Å². The molecule has 48 heavy (non-hydrogen) atoms. The fraction of sp³-hybridized carbons (Fsp3) is 0.0889. The lowest BCUT2D eigenvalue weighted by Crippen LogP contribution is -2.30. The fourth-order valence-electron chi connectivity index (χ4n) is 6.72. The average Bonchev–Trinajstić information content (AvgIpc) is 3.16. The van der Waals surface area contributed by atoms with Crippen molar-refractivity contribution in [1.29, 1.82) is 0 Å². The van der Waals surface area contributed by atoms with Crippen molar-refractivity contribution in [3.8, 4) is 22.3 Å². The molecule has 0 fully saturated rings. The summed E-state index contributed by atoms with van der Waals surface area (Å²) in [6, 6.07) is 56.1. The molecule has 232 valence electrons. The molecule has 6 aromatic carbocycles. The van der Waals surface area contributed by atoms with Crippen LogP contribution in [0.3, 0.4) is 0 Å². The van der Waals surface area contributed by atoms with Crippen LogP contribution >= 0.6 is 7.14 Å². The summed E-state index contributed by atoms with van der Waals surface area (Å²) in [5.41, 5.74) is 6.08. The van der Waals surface area contributed by atoms with E-state index in [1.165, 1.54) is 0 Å². The highest BCUT2D eigenvalue weighted by Crippen LogP contribution is 2.53. The summed E-state index contributed by atoms with van der Waals surface area (Å²) >= 11 is 0. The van der Waals surface area contributed by atoms with Gasteiger partial charge in [-0.05, 0) is 69.6 Å². The van der Waals surface area contributed by atoms with Crippen LogP contribution in [0.1, 0.15) is 34.3 Å². The Bertz CT molecular complexity index is 2080. The van der Waals surface area contributed by atoms with Crippen LogP contribution in [0.4, 0.5) is 0 Å². The number of ketones is 1. The minimum Gasteiger partial charge on any atom is -0.312 e. The first kappa shape index (κ1) is 31.1. The molecule has 2 nitrogen and oxygen atoms in total. The Morgan fingerprint density at radius 2 is 1.19 bits per heavy atom. The Morgan fingerprint density at radius 1 is 0.625 bits per heavy atom. The van der Waals surface area contributed by atoms with Crippen molar-refractivity contribution in [2.75, 3.05) is 0 Å². The van der Waals surface area contributed by atoms with Crippen molar-refractivity contribution in [1.82, 2.24) is 0 Å². The van der Waals surface area contributed by atoms with Crippen molar-refractivity contribution < 1.29 is 9.36 Å². The molecule has 0 spiro atoms. The van der Waals surface area contributed by atoms with E-state index in [-0.39, 0.29) is 17.4 Å². The van der Waals surface area contributed by atoms with Gasteiger partial charge in [0.1, 0.15) is 0 Å². The van der Waals surface area contributed by atoms with Crippen molar-refractivity contribution >= 4 is 23.5 Å². The number of rotatable bonds is 9. The molecule has 1 aliphatic carbocycles. The van der Waals surface area contributed by atoms with Gasteiger partial charge in [0.25, 0.3) is 0 Å². The first-order chi connectivity index (χ1) is 23.5. The Hall–Kier alpha value is -5.48. The van der Waals surface area contributed by atoms with Gasteiger partial charge in [0.05, 0.1) is 11.2 Å². The Kier molecular flexibility index (Phi) is 8.89.